The van der Waals surface area contributed by atoms with Crippen LogP contribution in [0.1, 0.15) is 99.6 Å². The second-order valence-electron chi connectivity index (χ2n) is 29.8. The molecule has 0 radical (unpaired) electrons. The van der Waals surface area contributed by atoms with Gasteiger partial charge in [-0.05, 0) is 79.5 Å². The Morgan fingerprint density at radius 2 is 1.31 bits per heavy atom. The normalized spacial score (nSPS) is 45.1. The number of hydroxylamine groups is 2. The number of aryl methyl sites for hydroxylation is 1. The number of benzene rings is 2. The number of halogens is 2. The van der Waals surface area contributed by atoms with Gasteiger partial charge in [-0.15, -0.1) is 0 Å². The highest BCUT2D eigenvalue weighted by molar-refractivity contribution is 6.39. The van der Waals surface area contributed by atoms with E-state index in [4.69, 9.17) is 142 Å². The lowest BCUT2D eigenvalue weighted by molar-refractivity contribution is -1.09. The predicted octanol–water partition coefficient (Wildman–Crippen LogP) is -1.08. The van der Waals surface area contributed by atoms with Gasteiger partial charge in [0.1, 0.15) is 125 Å². The Labute approximate surface area is 651 Å². The number of methoxy groups -OCH3 is 5. The molecule has 10 fully saturated rings. The number of ether oxygens (including phenoxy) is 25. The molecule has 0 aromatic heterocycles. The summed E-state index contributed by atoms with van der Waals surface area (Å²) in [7, 11) is 6.48. The number of quaternary nitrogens is 1. The Hall–Kier alpha value is -4.57. The lowest BCUT2D eigenvalue weighted by Crippen LogP contribution is -3.16. The second kappa shape index (κ2) is 34.4. The van der Waals surface area contributed by atoms with Crippen LogP contribution in [0, 0.1) is 19.1 Å². The number of aliphatic hydroxyl groups excluding tert-OH is 6. The summed E-state index contributed by atoms with van der Waals surface area (Å²) >= 11 is 12.8. The first-order chi connectivity index (χ1) is 52.9. The van der Waals surface area contributed by atoms with E-state index in [2.05, 4.69) is 0 Å². The lowest BCUT2D eigenvalue weighted by atomic mass is 9.85. The minimum absolute atomic E-state index is 0.0207. The van der Waals surface area contributed by atoms with E-state index in [0.717, 1.165) is 6.07 Å². The van der Waals surface area contributed by atoms with Gasteiger partial charge in [-0.3, -0.25) is 4.79 Å². The maximum absolute atomic E-state index is 14.3. The molecule has 36 unspecified atom stereocenters. The Morgan fingerprint density at radius 1 is 0.634 bits per heavy atom. The van der Waals surface area contributed by atoms with Crippen LogP contribution in [0.5, 0.6) is 23.0 Å². The number of carbonyl (C=O) groups is 3. The molecule has 36 atom stereocenters. The molecule has 2 aromatic rings. The van der Waals surface area contributed by atoms with Crippen LogP contribution in [0.3, 0.4) is 0 Å². The molecule has 10 aliphatic rings. The summed E-state index contributed by atoms with van der Waals surface area (Å²) in [6, 6.07) is 2.11. The number of rotatable bonds is 23. The van der Waals surface area contributed by atoms with E-state index in [-0.39, 0.29) is 69.7 Å². The van der Waals surface area contributed by atoms with Crippen molar-refractivity contribution in [2.45, 2.75) is 295 Å². The number of hydrogen-bond acceptors (Lipinski definition) is 39. The van der Waals surface area contributed by atoms with Gasteiger partial charge in [-0.2, -0.15) is 0 Å². The highest BCUT2D eigenvalue weighted by atomic mass is 35.5. The standard InChI is InChI=1S/C70H99Cl2NO39/c1-24-15-31(75)16-32(76)40(24)61(84)101-36-22-95-70(57(82)53(36)94-23-74)109-37-21-93-63(46(80)52(37)110-70)107-65-56(91-13)45(79)51(35(102-65)20-88-10)105-64-47(81)55(50(89-11)27(4)98-64)106-66-58(83)68(9)60(30(7)99-66)111-69(112-68)18-33(77)48(28(5)108-69)103-38-17-34(100-39-19-67(8,73(86)87)59(92-14)29(6)97-39)49(26(3)96-38)104-62(85)41-25(2)42(71)44(78)43(72)54(41)90-12/h15-16,23,26-30,33-39,45-53,55-60,63-66,73,75-83,86H,17-22H2,1-14H3. The summed E-state index contributed by atoms with van der Waals surface area (Å²) < 4.78 is 152. The van der Waals surface area contributed by atoms with E-state index >= 15 is 0 Å². The molecule has 42 heteroatoms. The van der Waals surface area contributed by atoms with E-state index in [0.29, 0.717) is 0 Å². The van der Waals surface area contributed by atoms with Crippen LogP contribution in [-0.4, -0.2) is 338 Å². The maximum atomic E-state index is 14.3. The van der Waals surface area contributed by atoms with Crippen molar-refractivity contribution in [3.05, 3.63) is 49.6 Å². The zero-order valence-electron chi connectivity index (χ0n) is 63.4. The largest absolute Gasteiger partial charge is 0.600 e. The van der Waals surface area contributed by atoms with E-state index in [1.807, 2.05) is 0 Å². The zero-order valence-corrected chi connectivity index (χ0v) is 65.0. The molecule has 0 amide bonds. The number of phenolic OH excluding ortho intramolecular Hbond substituents is 3. The molecule has 12 rings (SSSR count). The van der Waals surface area contributed by atoms with Crippen molar-refractivity contribution in [3.63, 3.8) is 0 Å². The van der Waals surface area contributed by atoms with Crippen molar-refractivity contribution in [2.24, 2.45) is 0 Å². The maximum Gasteiger partial charge on any atom is 0.342 e. The summed E-state index contributed by atoms with van der Waals surface area (Å²) in [4.78, 5) is 39.4. The van der Waals surface area contributed by atoms with Gasteiger partial charge in [0.2, 0.25) is 0 Å². The van der Waals surface area contributed by atoms with Gasteiger partial charge in [0.15, 0.2) is 79.2 Å². The number of esters is 2. The summed E-state index contributed by atoms with van der Waals surface area (Å²) in [6.07, 6.45) is -43.6. The van der Waals surface area contributed by atoms with Gasteiger partial charge in [0.25, 0.3) is 12.4 Å². The van der Waals surface area contributed by atoms with Crippen molar-refractivity contribution in [1.29, 1.82) is 0 Å². The van der Waals surface area contributed by atoms with Crippen LogP contribution >= 0.6 is 23.2 Å². The molecule has 0 bridgehead atoms. The number of hydrogen-bond donors (Lipinski definition) is 11. The molecular weight excluding hydrogens is 1550 g/mol. The zero-order chi connectivity index (χ0) is 81.4. The highest BCUT2D eigenvalue weighted by Crippen LogP contribution is 2.53. The average molecular weight is 1650 g/mol. The van der Waals surface area contributed by atoms with Gasteiger partial charge in [0.05, 0.1) is 81.4 Å². The summed E-state index contributed by atoms with van der Waals surface area (Å²) in [6.45, 7) is 12.5. The number of fused-ring (bicyclic) bond motifs is 2. The molecule has 0 saturated carbocycles. The Balaban J connectivity index is 0.684. The third-order valence-electron chi connectivity index (χ3n) is 22.3. The van der Waals surface area contributed by atoms with Crippen molar-refractivity contribution in [1.82, 2.24) is 0 Å². The number of phenols is 3. The first-order valence-corrected chi connectivity index (χ1v) is 37.1. The Morgan fingerprint density at radius 3 is 1.96 bits per heavy atom. The molecule has 11 N–H and O–H groups in total. The molecular formula is C70H99Cl2NO39. The number of aromatic hydroxyl groups is 3. The Kier molecular flexibility index (Phi) is 26.7. The van der Waals surface area contributed by atoms with Crippen LogP contribution in [0.4, 0.5) is 0 Å². The van der Waals surface area contributed by atoms with Crippen molar-refractivity contribution < 1.29 is 189 Å². The minimum atomic E-state index is -2.46. The molecule has 2 aromatic carbocycles. The van der Waals surface area contributed by atoms with Crippen molar-refractivity contribution in [2.75, 3.05) is 55.4 Å². The SMILES string of the molecule is COCC1OC(OC2OCC3OC4(OCC(OC(=O)c5c(C)cc(O)cc5O)C(OC=O)C4O)OC3C2O)C(OC)C(O)C1OC1OC(C)C(OC)C(OC2OC(C)C3OC4(CC(O)C(OC5CC(OC6CC(C)([NH+]([O-])O)C(OC)C(C)O6)C(OC(=O)c6c(C)c(Cl)c(O)c(Cl)c6OC)C(C)O5)C(C)O4)OC3(C)C2O)C1O. The van der Waals surface area contributed by atoms with Crippen molar-refractivity contribution in [3.8, 4) is 23.0 Å². The van der Waals surface area contributed by atoms with Gasteiger partial charge < -0.3 is 170 Å². The fourth-order valence-corrected chi connectivity index (χ4v) is 17.2. The third-order valence-corrected chi connectivity index (χ3v) is 23.1. The molecule has 40 nitrogen and oxygen atoms in total. The second-order valence-corrected chi connectivity index (χ2v) is 30.5. The van der Waals surface area contributed by atoms with Crippen molar-refractivity contribution >= 4 is 41.6 Å². The molecule has 10 aliphatic heterocycles. The van der Waals surface area contributed by atoms with Gasteiger partial charge in [-0.1, -0.05) is 23.2 Å². The topological polar surface area (TPSA) is 512 Å². The molecule has 2 spiro atoms. The van der Waals surface area contributed by atoms with E-state index in [9.17, 15) is 70.8 Å². The number of aliphatic hydroxyl groups is 6. The predicted molar refractivity (Wildman–Crippen MR) is 364 cm³/mol. The molecule has 632 valence electrons. The van der Waals surface area contributed by atoms with Gasteiger partial charge >= 0.3 is 17.9 Å². The average Bonchev–Trinajstić information content (AvgIpc) is 1.56. The van der Waals surface area contributed by atoms with Crippen LogP contribution in [0.15, 0.2) is 12.1 Å². The fourth-order valence-electron chi connectivity index (χ4n) is 16.7. The fraction of sp³-hybridized carbons (Fsp3) is 0.786. The summed E-state index contributed by atoms with van der Waals surface area (Å²) in [5, 5.41) is 125. The van der Waals surface area contributed by atoms with E-state index in [1.54, 1.807) is 34.6 Å². The third kappa shape index (κ3) is 16.2. The molecule has 10 saturated heterocycles. The number of carbonyl (C=O) groups excluding carboxylic acids is 3. The van der Waals surface area contributed by atoms with Crippen LogP contribution in [-0.2, 0) is 118 Å². The quantitative estimate of drug-likeness (QED) is 0.0273. The minimum Gasteiger partial charge on any atom is -0.600 e. The van der Waals surface area contributed by atoms with E-state index in [1.165, 1.54) is 69.3 Å². The van der Waals surface area contributed by atoms with Crippen LogP contribution < -0.4 is 9.96 Å². The van der Waals surface area contributed by atoms with Crippen LogP contribution in [0.2, 0.25) is 10.0 Å². The highest BCUT2D eigenvalue weighted by Gasteiger charge is 2.70. The molecule has 0 aliphatic carbocycles. The first kappa shape index (κ1) is 86.8. The van der Waals surface area contributed by atoms with E-state index < -0.39 is 262 Å². The summed E-state index contributed by atoms with van der Waals surface area (Å²) in [5.41, 5.74) is -3.61. The van der Waals surface area contributed by atoms with Gasteiger partial charge in [-0.25, -0.2) is 20.0 Å². The molecule has 112 heavy (non-hydrogen) atoms. The number of nitrogens with one attached hydrogen (secondary N) is 1. The Bertz CT molecular complexity index is 3590. The lowest BCUT2D eigenvalue weighted by Gasteiger charge is -2.50. The van der Waals surface area contributed by atoms with Gasteiger partial charge in [0, 0.05) is 40.9 Å². The monoisotopic (exact) mass is 1650 g/mol. The molecule has 10 heterocycles. The first-order valence-electron chi connectivity index (χ1n) is 36.3. The smallest absolute Gasteiger partial charge is 0.342 e. The van der Waals surface area contributed by atoms with Crippen LogP contribution in [0.25, 0.3) is 0 Å². The summed E-state index contributed by atoms with van der Waals surface area (Å²) in [5.74, 6) is -8.36.